The Morgan fingerprint density at radius 2 is 1.72 bits per heavy atom. The highest BCUT2D eigenvalue weighted by Gasteiger charge is 2.18. The largest absolute Gasteiger partial charge is 0.356 e. The van der Waals surface area contributed by atoms with E-state index in [1.165, 1.54) is 5.56 Å². The molecule has 1 unspecified atom stereocenters. The van der Waals surface area contributed by atoms with Crippen molar-refractivity contribution >= 4 is 11.9 Å². The summed E-state index contributed by atoms with van der Waals surface area (Å²) in [6.07, 6.45) is 4.67. The molecule has 2 heterocycles. The molecule has 0 bridgehead atoms. The van der Waals surface area contributed by atoms with Crippen LogP contribution in [0.4, 0.5) is 5.95 Å². The van der Waals surface area contributed by atoms with Gasteiger partial charge in [-0.2, -0.15) is 0 Å². The second-order valence-corrected chi connectivity index (χ2v) is 8.34. The van der Waals surface area contributed by atoms with Crippen LogP contribution >= 0.6 is 0 Å². The number of rotatable bonds is 10. The van der Waals surface area contributed by atoms with Crippen LogP contribution in [0.1, 0.15) is 18.9 Å². The number of nitrogens with one attached hydrogen (secondary N) is 2. The first-order valence-electron chi connectivity index (χ1n) is 11.6. The van der Waals surface area contributed by atoms with Gasteiger partial charge in [-0.15, -0.1) is 0 Å². The van der Waals surface area contributed by atoms with E-state index in [4.69, 9.17) is 0 Å². The minimum atomic E-state index is 0.491. The van der Waals surface area contributed by atoms with E-state index in [9.17, 15) is 0 Å². The summed E-state index contributed by atoms with van der Waals surface area (Å²) in [5.41, 5.74) is 1.35. The second kappa shape index (κ2) is 13.0. The lowest BCUT2D eigenvalue weighted by Crippen LogP contribution is -2.49. The van der Waals surface area contributed by atoms with E-state index in [-0.39, 0.29) is 0 Å². The van der Waals surface area contributed by atoms with Gasteiger partial charge in [0.05, 0.1) is 0 Å². The summed E-state index contributed by atoms with van der Waals surface area (Å²) in [6.45, 7) is 10.0. The van der Waals surface area contributed by atoms with Gasteiger partial charge in [0.2, 0.25) is 5.95 Å². The molecule has 32 heavy (non-hydrogen) atoms. The Balaban J connectivity index is 1.28. The van der Waals surface area contributed by atoms with Crippen molar-refractivity contribution in [1.29, 1.82) is 0 Å². The molecule has 174 valence electrons. The van der Waals surface area contributed by atoms with Crippen LogP contribution in [0.3, 0.4) is 0 Å². The van der Waals surface area contributed by atoms with Crippen molar-refractivity contribution in [2.75, 3.05) is 64.8 Å². The summed E-state index contributed by atoms with van der Waals surface area (Å²) in [5, 5.41) is 6.90. The third-order valence-corrected chi connectivity index (χ3v) is 6.03. The van der Waals surface area contributed by atoms with Gasteiger partial charge in [-0.3, -0.25) is 14.8 Å². The minimum absolute atomic E-state index is 0.491. The molecule has 2 N–H and O–H groups in total. The van der Waals surface area contributed by atoms with Gasteiger partial charge < -0.3 is 15.5 Å². The van der Waals surface area contributed by atoms with Gasteiger partial charge in [-0.1, -0.05) is 30.3 Å². The van der Waals surface area contributed by atoms with Gasteiger partial charge in [-0.25, -0.2) is 9.97 Å². The molecule has 0 radical (unpaired) electrons. The van der Waals surface area contributed by atoms with Crippen LogP contribution in [0, 0.1) is 0 Å². The summed E-state index contributed by atoms with van der Waals surface area (Å²) in [6, 6.07) is 13.0. The summed E-state index contributed by atoms with van der Waals surface area (Å²) in [7, 11) is 4.02. The molecule has 0 spiro atoms. The van der Waals surface area contributed by atoms with E-state index < -0.39 is 0 Å². The Morgan fingerprint density at radius 1 is 1.03 bits per heavy atom. The lowest BCUT2D eigenvalue weighted by atomic mass is 10.1. The first-order chi connectivity index (χ1) is 15.7. The molecule has 1 aromatic heterocycles. The number of benzene rings is 1. The van der Waals surface area contributed by atoms with Crippen molar-refractivity contribution in [2.24, 2.45) is 4.99 Å². The third-order valence-electron chi connectivity index (χ3n) is 6.03. The SMILES string of the molecule is CN=C(NCCC(C)N(C)Cc1ccccc1)NCCN1CCN(c2ncccn2)CC1. The smallest absolute Gasteiger partial charge is 0.225 e. The molecule has 2 aromatic rings. The molecule has 0 amide bonds. The van der Waals surface area contributed by atoms with E-state index in [1.807, 2.05) is 13.1 Å². The van der Waals surface area contributed by atoms with Crippen molar-refractivity contribution in [1.82, 2.24) is 30.4 Å². The Labute approximate surface area is 192 Å². The van der Waals surface area contributed by atoms with E-state index in [0.717, 1.165) is 70.7 Å². The number of anilines is 1. The monoisotopic (exact) mass is 438 g/mol. The molecule has 8 heteroatoms. The molecular weight excluding hydrogens is 400 g/mol. The molecule has 1 aliphatic rings. The first-order valence-corrected chi connectivity index (χ1v) is 11.6. The quantitative estimate of drug-likeness (QED) is 0.432. The number of hydrogen-bond acceptors (Lipinski definition) is 6. The minimum Gasteiger partial charge on any atom is -0.356 e. The number of aromatic nitrogens is 2. The molecule has 1 aromatic carbocycles. The second-order valence-electron chi connectivity index (χ2n) is 8.34. The maximum Gasteiger partial charge on any atom is 0.225 e. The molecule has 1 saturated heterocycles. The topological polar surface area (TPSA) is 71.9 Å². The normalized spacial score (nSPS) is 16.2. The van der Waals surface area contributed by atoms with E-state index in [0.29, 0.717) is 6.04 Å². The zero-order chi connectivity index (χ0) is 22.6. The fraction of sp³-hybridized carbons (Fsp3) is 0.542. The molecule has 1 fully saturated rings. The molecule has 0 aliphatic carbocycles. The van der Waals surface area contributed by atoms with Crippen LogP contribution in [0.25, 0.3) is 0 Å². The Morgan fingerprint density at radius 3 is 2.41 bits per heavy atom. The van der Waals surface area contributed by atoms with Gasteiger partial charge in [0, 0.05) is 77.8 Å². The highest BCUT2D eigenvalue weighted by Crippen LogP contribution is 2.09. The maximum atomic E-state index is 4.37. The fourth-order valence-electron chi connectivity index (χ4n) is 3.83. The van der Waals surface area contributed by atoms with Crippen molar-refractivity contribution in [3.05, 3.63) is 54.4 Å². The van der Waals surface area contributed by atoms with Crippen molar-refractivity contribution < 1.29 is 0 Å². The predicted molar refractivity (Wildman–Crippen MR) is 132 cm³/mol. The van der Waals surface area contributed by atoms with Gasteiger partial charge in [0.25, 0.3) is 0 Å². The summed E-state index contributed by atoms with van der Waals surface area (Å²) < 4.78 is 0. The fourth-order valence-corrected chi connectivity index (χ4v) is 3.83. The highest BCUT2D eigenvalue weighted by atomic mass is 15.3. The van der Waals surface area contributed by atoms with Crippen LogP contribution < -0.4 is 15.5 Å². The molecule has 1 atom stereocenters. The van der Waals surface area contributed by atoms with Crippen LogP contribution in [0.5, 0.6) is 0 Å². The van der Waals surface area contributed by atoms with Gasteiger partial charge in [0.1, 0.15) is 0 Å². The number of guanidine groups is 1. The van der Waals surface area contributed by atoms with Crippen molar-refractivity contribution in [3.63, 3.8) is 0 Å². The van der Waals surface area contributed by atoms with E-state index >= 15 is 0 Å². The number of piperazine rings is 1. The first kappa shape index (κ1) is 23.9. The summed E-state index contributed by atoms with van der Waals surface area (Å²) >= 11 is 0. The molecular formula is C24H38N8. The highest BCUT2D eigenvalue weighted by molar-refractivity contribution is 5.79. The molecule has 8 nitrogen and oxygen atoms in total. The van der Waals surface area contributed by atoms with Gasteiger partial charge in [0.15, 0.2) is 5.96 Å². The number of nitrogens with zero attached hydrogens (tertiary/aromatic N) is 6. The predicted octanol–water partition coefficient (Wildman–Crippen LogP) is 1.67. The molecule has 1 aliphatic heterocycles. The average molecular weight is 439 g/mol. The zero-order valence-corrected chi connectivity index (χ0v) is 19.7. The van der Waals surface area contributed by atoms with Crippen LogP contribution in [-0.2, 0) is 6.54 Å². The number of hydrogen-bond donors (Lipinski definition) is 2. The zero-order valence-electron chi connectivity index (χ0n) is 19.7. The summed E-state index contributed by atoms with van der Waals surface area (Å²) in [5.74, 6) is 1.71. The van der Waals surface area contributed by atoms with E-state index in [1.54, 1.807) is 12.4 Å². The van der Waals surface area contributed by atoms with Crippen LogP contribution in [0.2, 0.25) is 0 Å². The van der Waals surface area contributed by atoms with Crippen LogP contribution in [0.15, 0.2) is 53.8 Å². The lowest BCUT2D eigenvalue weighted by Gasteiger charge is -2.34. The average Bonchev–Trinajstić information content (AvgIpc) is 2.84. The van der Waals surface area contributed by atoms with Crippen molar-refractivity contribution in [3.8, 4) is 0 Å². The molecule has 0 saturated carbocycles. The standard InChI is InChI=1S/C24H38N8/c1-21(30(3)20-22-8-5-4-6-9-22)10-13-26-23(25-2)27-14-15-31-16-18-32(19-17-31)24-28-11-7-12-29-24/h4-9,11-12,21H,10,13-20H2,1-3H3,(H2,25,26,27). The maximum absolute atomic E-state index is 4.37. The van der Waals surface area contributed by atoms with Gasteiger partial charge >= 0.3 is 0 Å². The van der Waals surface area contributed by atoms with Gasteiger partial charge in [-0.05, 0) is 32.0 Å². The molecule has 3 rings (SSSR count). The Kier molecular flexibility index (Phi) is 9.71. The summed E-state index contributed by atoms with van der Waals surface area (Å²) in [4.78, 5) is 20.2. The van der Waals surface area contributed by atoms with Crippen molar-refractivity contribution in [2.45, 2.75) is 25.9 Å². The lowest BCUT2D eigenvalue weighted by molar-refractivity contribution is 0.238. The Bertz CT molecular complexity index is 790. The van der Waals surface area contributed by atoms with Crippen LogP contribution in [-0.4, -0.2) is 91.7 Å². The Hall–Kier alpha value is -2.71. The number of aliphatic imine (C=N–C) groups is 1. The van der Waals surface area contributed by atoms with E-state index in [2.05, 4.69) is 84.6 Å². The third kappa shape index (κ3) is 7.76.